The van der Waals surface area contributed by atoms with E-state index in [2.05, 4.69) is 4.74 Å². The summed E-state index contributed by atoms with van der Waals surface area (Å²) in [6.07, 6.45) is 0.485. The van der Waals surface area contributed by atoms with Gasteiger partial charge in [0.2, 0.25) is 5.91 Å². The smallest absolute Gasteiger partial charge is 0.307 e. The fourth-order valence-electron chi connectivity index (χ4n) is 1.50. The number of benzene rings is 1. The van der Waals surface area contributed by atoms with Gasteiger partial charge in [-0.1, -0.05) is 12.1 Å². The average Bonchev–Trinajstić information content (AvgIpc) is 2.35. The topological polar surface area (TPSA) is 72.6 Å². The Hall–Kier alpha value is -2.04. The normalized spacial score (nSPS) is 9.89. The van der Waals surface area contributed by atoms with Gasteiger partial charge in [-0.15, -0.1) is 0 Å². The third-order valence-electron chi connectivity index (χ3n) is 2.61. The Morgan fingerprint density at radius 2 is 2.11 bits per heavy atom. The zero-order valence-electron chi connectivity index (χ0n) is 10.7. The Bertz CT molecular complexity index is 432. The molecule has 0 atom stereocenters. The predicted molar refractivity (Wildman–Crippen MR) is 68.8 cm³/mol. The van der Waals surface area contributed by atoms with Crippen LogP contribution in [0.4, 0.5) is 5.69 Å². The van der Waals surface area contributed by atoms with Gasteiger partial charge in [-0.25, -0.2) is 0 Å². The first-order chi connectivity index (χ1) is 8.52. The van der Waals surface area contributed by atoms with Crippen molar-refractivity contribution in [2.75, 3.05) is 26.4 Å². The number of nitrogens with zero attached hydrogens (tertiary/aromatic N) is 1. The number of hydrogen-bond acceptors (Lipinski definition) is 4. The molecule has 1 rings (SSSR count). The number of nitrogen functional groups attached to an aromatic ring is 1. The number of hydrogen-bond donors (Lipinski definition) is 1. The molecule has 18 heavy (non-hydrogen) atoms. The molecule has 0 saturated heterocycles. The number of ether oxygens (including phenoxy) is 1. The third-order valence-corrected chi connectivity index (χ3v) is 2.61. The Balaban J connectivity index is 2.47. The van der Waals surface area contributed by atoms with Crippen LogP contribution >= 0.6 is 0 Å². The van der Waals surface area contributed by atoms with Crippen LogP contribution < -0.4 is 5.73 Å². The molecule has 0 radical (unpaired) electrons. The molecule has 1 aromatic carbocycles. The molecule has 1 amide bonds. The monoisotopic (exact) mass is 250 g/mol. The van der Waals surface area contributed by atoms with Crippen LogP contribution in [0.25, 0.3) is 0 Å². The van der Waals surface area contributed by atoms with Crippen LogP contribution in [0.3, 0.4) is 0 Å². The Kier molecular flexibility index (Phi) is 5.17. The second kappa shape index (κ2) is 6.64. The molecule has 0 fully saturated rings. The molecule has 0 bridgehead atoms. The summed E-state index contributed by atoms with van der Waals surface area (Å²) in [6, 6.07) is 7.20. The number of nitrogens with two attached hydrogens (primary N) is 1. The number of methoxy groups -OCH3 is 1. The van der Waals surface area contributed by atoms with Gasteiger partial charge in [0.05, 0.1) is 20.0 Å². The first-order valence-corrected chi connectivity index (χ1v) is 5.68. The molecule has 98 valence electrons. The summed E-state index contributed by atoms with van der Waals surface area (Å²) in [6.45, 7) is 0.355. The Morgan fingerprint density at radius 3 is 2.72 bits per heavy atom. The van der Waals surface area contributed by atoms with Gasteiger partial charge in [0.25, 0.3) is 0 Å². The number of likely N-dealkylation sites (N-methyl/N-ethyl adjacent to an activating group) is 1. The zero-order chi connectivity index (χ0) is 13.5. The highest BCUT2D eigenvalue weighted by molar-refractivity contribution is 5.79. The minimum atomic E-state index is -0.321. The summed E-state index contributed by atoms with van der Waals surface area (Å²) in [5.41, 5.74) is 7.14. The second-order valence-electron chi connectivity index (χ2n) is 4.06. The van der Waals surface area contributed by atoms with Crippen molar-refractivity contribution >= 4 is 17.6 Å². The molecule has 0 spiro atoms. The molecule has 0 aromatic heterocycles. The van der Waals surface area contributed by atoms with E-state index in [0.717, 1.165) is 5.56 Å². The van der Waals surface area contributed by atoms with E-state index in [-0.39, 0.29) is 24.7 Å². The maximum Gasteiger partial charge on any atom is 0.307 e. The summed E-state index contributed by atoms with van der Waals surface area (Å²) < 4.78 is 4.52. The van der Waals surface area contributed by atoms with Gasteiger partial charge in [0, 0.05) is 19.3 Å². The minimum absolute atomic E-state index is 0.0514. The van der Waals surface area contributed by atoms with E-state index < -0.39 is 0 Å². The van der Waals surface area contributed by atoms with Gasteiger partial charge in [-0.05, 0) is 17.7 Å². The highest BCUT2D eigenvalue weighted by atomic mass is 16.5. The standard InChI is InChI=1S/C13H18N2O3/c1-15(7-6-13(17)18-2)12(16)9-10-4-3-5-11(14)8-10/h3-5,8H,6-7,9,14H2,1-2H3. The summed E-state index contributed by atoms with van der Waals surface area (Å²) in [4.78, 5) is 24.3. The quantitative estimate of drug-likeness (QED) is 0.620. The van der Waals surface area contributed by atoms with Crippen molar-refractivity contribution in [3.63, 3.8) is 0 Å². The van der Waals surface area contributed by atoms with Crippen molar-refractivity contribution in [1.82, 2.24) is 4.90 Å². The Morgan fingerprint density at radius 1 is 1.39 bits per heavy atom. The molecular formula is C13H18N2O3. The fourth-order valence-corrected chi connectivity index (χ4v) is 1.50. The number of anilines is 1. The predicted octanol–water partition coefficient (Wildman–Crippen LogP) is 0.833. The third kappa shape index (κ3) is 4.45. The Labute approximate surface area is 107 Å². The number of esters is 1. The minimum Gasteiger partial charge on any atom is -0.469 e. The average molecular weight is 250 g/mol. The van der Waals surface area contributed by atoms with E-state index in [1.54, 1.807) is 19.2 Å². The lowest BCUT2D eigenvalue weighted by Gasteiger charge is -2.16. The van der Waals surface area contributed by atoms with E-state index in [0.29, 0.717) is 12.2 Å². The first kappa shape index (κ1) is 14.0. The molecule has 0 aliphatic rings. The number of carbonyl (C=O) groups excluding carboxylic acids is 2. The molecule has 0 aliphatic carbocycles. The lowest BCUT2D eigenvalue weighted by atomic mass is 10.1. The van der Waals surface area contributed by atoms with Crippen LogP contribution in [0, 0.1) is 0 Å². The lowest BCUT2D eigenvalue weighted by molar-refractivity contribution is -0.141. The van der Waals surface area contributed by atoms with E-state index >= 15 is 0 Å². The summed E-state index contributed by atoms with van der Waals surface area (Å²) in [5, 5.41) is 0. The van der Waals surface area contributed by atoms with Crippen LogP contribution in [-0.2, 0) is 20.7 Å². The van der Waals surface area contributed by atoms with Crippen molar-refractivity contribution in [3.05, 3.63) is 29.8 Å². The summed E-state index contributed by atoms with van der Waals surface area (Å²) in [5.74, 6) is -0.372. The van der Waals surface area contributed by atoms with Crippen molar-refractivity contribution in [2.24, 2.45) is 0 Å². The highest BCUT2D eigenvalue weighted by Gasteiger charge is 2.11. The fraction of sp³-hybridized carbons (Fsp3) is 0.385. The van der Waals surface area contributed by atoms with Crippen molar-refractivity contribution < 1.29 is 14.3 Å². The molecule has 0 unspecified atom stereocenters. The molecule has 5 nitrogen and oxygen atoms in total. The maximum absolute atomic E-state index is 11.9. The molecule has 0 heterocycles. The molecule has 0 saturated carbocycles. The van der Waals surface area contributed by atoms with Gasteiger partial charge in [0.1, 0.15) is 0 Å². The van der Waals surface area contributed by atoms with Crippen molar-refractivity contribution in [3.8, 4) is 0 Å². The van der Waals surface area contributed by atoms with Crippen LogP contribution in [0.15, 0.2) is 24.3 Å². The molecule has 1 aromatic rings. The van der Waals surface area contributed by atoms with Gasteiger partial charge in [0.15, 0.2) is 0 Å². The van der Waals surface area contributed by atoms with Crippen LogP contribution in [0.2, 0.25) is 0 Å². The maximum atomic E-state index is 11.9. The van der Waals surface area contributed by atoms with Gasteiger partial charge in [-0.2, -0.15) is 0 Å². The van der Waals surface area contributed by atoms with E-state index in [9.17, 15) is 9.59 Å². The van der Waals surface area contributed by atoms with Crippen LogP contribution in [0.1, 0.15) is 12.0 Å². The number of amides is 1. The SMILES string of the molecule is COC(=O)CCN(C)C(=O)Cc1cccc(N)c1. The molecule has 5 heteroatoms. The van der Waals surface area contributed by atoms with Gasteiger partial charge < -0.3 is 15.4 Å². The second-order valence-corrected chi connectivity index (χ2v) is 4.06. The number of rotatable bonds is 5. The first-order valence-electron chi connectivity index (χ1n) is 5.68. The summed E-state index contributed by atoms with van der Waals surface area (Å²) >= 11 is 0. The number of carbonyl (C=O) groups is 2. The molecule has 2 N–H and O–H groups in total. The summed E-state index contributed by atoms with van der Waals surface area (Å²) in [7, 11) is 2.99. The zero-order valence-corrected chi connectivity index (χ0v) is 10.7. The van der Waals surface area contributed by atoms with Crippen molar-refractivity contribution in [2.45, 2.75) is 12.8 Å². The largest absolute Gasteiger partial charge is 0.469 e. The van der Waals surface area contributed by atoms with Crippen LogP contribution in [0.5, 0.6) is 0 Å². The van der Waals surface area contributed by atoms with E-state index in [1.165, 1.54) is 12.0 Å². The van der Waals surface area contributed by atoms with Gasteiger partial charge in [-0.3, -0.25) is 9.59 Å². The highest BCUT2D eigenvalue weighted by Crippen LogP contribution is 2.08. The lowest BCUT2D eigenvalue weighted by Crippen LogP contribution is -2.30. The van der Waals surface area contributed by atoms with Crippen LogP contribution in [-0.4, -0.2) is 37.5 Å². The molecule has 0 aliphatic heterocycles. The van der Waals surface area contributed by atoms with Gasteiger partial charge >= 0.3 is 5.97 Å². The van der Waals surface area contributed by atoms with Crippen molar-refractivity contribution in [1.29, 1.82) is 0 Å². The molecular weight excluding hydrogens is 232 g/mol. The van der Waals surface area contributed by atoms with E-state index in [4.69, 9.17) is 5.73 Å². The van der Waals surface area contributed by atoms with E-state index in [1.807, 2.05) is 12.1 Å².